The Bertz CT molecular complexity index is 1540. The topological polar surface area (TPSA) is 25.8 Å². The molecule has 240 valence electrons. The van der Waals surface area contributed by atoms with Crippen LogP contribution in [0, 0.1) is 11.8 Å². The maximum Gasteiger partial charge on any atom is 0.113 e. The summed E-state index contributed by atoms with van der Waals surface area (Å²) in [5.41, 5.74) is 8.29. The van der Waals surface area contributed by atoms with E-state index in [2.05, 4.69) is 105 Å². The van der Waals surface area contributed by atoms with E-state index in [1.807, 2.05) is 11.3 Å². The maximum absolute atomic E-state index is 4.90. The van der Waals surface area contributed by atoms with E-state index in [9.17, 15) is 0 Å². The van der Waals surface area contributed by atoms with Gasteiger partial charge in [0.1, 0.15) is 11.0 Å². The first-order valence-electron chi connectivity index (χ1n) is 17.4. The summed E-state index contributed by atoms with van der Waals surface area (Å²) in [4.78, 5) is 6.02. The Balaban J connectivity index is 1.73. The van der Waals surface area contributed by atoms with Crippen molar-refractivity contribution >= 4 is 45.4 Å². The van der Waals surface area contributed by atoms with Gasteiger partial charge in [0.15, 0.2) is 0 Å². The summed E-state index contributed by atoms with van der Waals surface area (Å²) in [6, 6.07) is 9.94. The molecule has 0 radical (unpaired) electrons. The number of benzene rings is 1. The summed E-state index contributed by atoms with van der Waals surface area (Å²) < 4.78 is 9.72. The van der Waals surface area contributed by atoms with E-state index < -0.39 is 0 Å². The predicted molar refractivity (Wildman–Crippen MR) is 198 cm³/mol. The average Bonchev–Trinajstić information content (AvgIpc) is 3.75. The SMILES string of the molecule is CCCCC(CC)CC1(CC(CC)CCCC)c2cc(-c3ccc(C(C)(C)C)c4nsnc34)sc2-c2sc(C(C)(C)C)cc21. The highest BCUT2D eigenvalue weighted by atomic mass is 32.1. The van der Waals surface area contributed by atoms with Gasteiger partial charge in [-0.2, -0.15) is 8.75 Å². The molecule has 0 N–H and O–H groups in total. The molecule has 3 aromatic heterocycles. The molecule has 3 heterocycles. The molecule has 0 aliphatic heterocycles. The Morgan fingerprint density at radius 3 is 1.82 bits per heavy atom. The van der Waals surface area contributed by atoms with E-state index in [1.165, 1.54) is 96.8 Å². The third-order valence-corrected chi connectivity index (χ3v) is 13.7. The summed E-state index contributed by atoms with van der Waals surface area (Å²) in [6.45, 7) is 23.6. The predicted octanol–water partition coefficient (Wildman–Crippen LogP) is 13.6. The average molecular weight is 649 g/mol. The zero-order chi connectivity index (χ0) is 31.9. The summed E-state index contributed by atoms with van der Waals surface area (Å²) in [5.74, 6) is 1.50. The minimum atomic E-state index is 0.0371. The number of unbranched alkanes of at least 4 members (excludes halogenated alkanes) is 2. The minimum absolute atomic E-state index is 0.0371. The van der Waals surface area contributed by atoms with Crippen LogP contribution in [0.1, 0.15) is 155 Å². The van der Waals surface area contributed by atoms with Crippen LogP contribution in [0.2, 0.25) is 0 Å². The molecule has 0 saturated carbocycles. The number of hydrogen-bond donors (Lipinski definition) is 0. The number of aromatic nitrogens is 2. The van der Waals surface area contributed by atoms with Gasteiger partial charge in [0.2, 0.25) is 0 Å². The van der Waals surface area contributed by atoms with Crippen LogP contribution in [-0.4, -0.2) is 8.75 Å². The van der Waals surface area contributed by atoms with Crippen LogP contribution in [0.4, 0.5) is 0 Å². The molecular weight excluding hydrogens is 593 g/mol. The Hall–Kier alpha value is -1.56. The van der Waals surface area contributed by atoms with Gasteiger partial charge >= 0.3 is 0 Å². The Labute approximate surface area is 280 Å². The third kappa shape index (κ3) is 6.36. The second kappa shape index (κ2) is 13.3. The first kappa shape index (κ1) is 33.8. The molecule has 0 bridgehead atoms. The lowest BCUT2D eigenvalue weighted by Crippen LogP contribution is -2.31. The fourth-order valence-electron chi connectivity index (χ4n) is 7.54. The van der Waals surface area contributed by atoms with Crippen molar-refractivity contribution in [3.8, 4) is 20.2 Å². The third-order valence-electron chi connectivity index (χ3n) is 10.3. The van der Waals surface area contributed by atoms with Crippen LogP contribution in [0.5, 0.6) is 0 Å². The van der Waals surface area contributed by atoms with Crippen molar-refractivity contribution in [2.75, 3.05) is 0 Å². The molecule has 2 atom stereocenters. The van der Waals surface area contributed by atoms with Crippen molar-refractivity contribution < 1.29 is 0 Å². The molecule has 0 saturated heterocycles. The molecule has 1 aliphatic rings. The van der Waals surface area contributed by atoms with E-state index in [0.717, 1.165) is 22.9 Å². The number of nitrogens with zero attached hydrogens (tertiary/aromatic N) is 2. The molecule has 2 unspecified atom stereocenters. The number of thiophene rings is 2. The van der Waals surface area contributed by atoms with Gasteiger partial charge in [-0.1, -0.05) is 133 Å². The number of hydrogen-bond acceptors (Lipinski definition) is 5. The Morgan fingerprint density at radius 2 is 1.27 bits per heavy atom. The van der Waals surface area contributed by atoms with Crippen molar-refractivity contribution in [2.45, 2.75) is 150 Å². The van der Waals surface area contributed by atoms with Gasteiger partial charge in [0.05, 0.1) is 11.7 Å². The molecule has 0 spiro atoms. The summed E-state index contributed by atoms with van der Waals surface area (Å²) in [7, 11) is 0. The molecule has 5 heteroatoms. The van der Waals surface area contributed by atoms with Gasteiger partial charge < -0.3 is 0 Å². The van der Waals surface area contributed by atoms with Crippen molar-refractivity contribution in [1.29, 1.82) is 0 Å². The molecule has 1 aromatic carbocycles. The monoisotopic (exact) mass is 648 g/mol. The first-order chi connectivity index (χ1) is 20.9. The molecule has 1 aliphatic carbocycles. The lowest BCUT2D eigenvalue weighted by Gasteiger charge is -2.38. The normalized spacial score (nSPS) is 18.1. The lowest BCUT2D eigenvalue weighted by atomic mass is 9.65. The van der Waals surface area contributed by atoms with Crippen LogP contribution < -0.4 is 0 Å². The largest absolute Gasteiger partial charge is 0.173 e. The van der Waals surface area contributed by atoms with Crippen LogP contribution >= 0.6 is 34.4 Å². The zero-order valence-corrected chi connectivity index (χ0v) is 31.6. The Kier molecular flexibility index (Phi) is 10.2. The van der Waals surface area contributed by atoms with Crippen molar-refractivity contribution in [2.24, 2.45) is 11.8 Å². The van der Waals surface area contributed by atoms with Crippen LogP contribution in [-0.2, 0) is 16.2 Å². The van der Waals surface area contributed by atoms with Crippen LogP contribution in [0.25, 0.3) is 31.2 Å². The van der Waals surface area contributed by atoms with E-state index in [-0.39, 0.29) is 16.2 Å². The highest BCUT2D eigenvalue weighted by molar-refractivity contribution is 7.24. The molecular formula is C39H56N2S3. The Morgan fingerprint density at radius 1 is 0.705 bits per heavy atom. The summed E-state index contributed by atoms with van der Waals surface area (Å²) in [6.07, 6.45) is 13.0. The van der Waals surface area contributed by atoms with Gasteiger partial charge in [-0.15, -0.1) is 22.7 Å². The van der Waals surface area contributed by atoms with Gasteiger partial charge in [-0.25, -0.2) is 0 Å². The fourth-order valence-corrected chi connectivity index (χ4v) is 10.9. The second-order valence-corrected chi connectivity index (χ2v) is 18.3. The smallest absolute Gasteiger partial charge is 0.113 e. The van der Waals surface area contributed by atoms with Crippen LogP contribution in [0.3, 0.4) is 0 Å². The molecule has 0 amide bonds. The molecule has 0 fully saturated rings. The summed E-state index contributed by atoms with van der Waals surface area (Å²) >= 11 is 5.47. The summed E-state index contributed by atoms with van der Waals surface area (Å²) in [5, 5.41) is 0. The number of fused-ring (bicyclic) bond motifs is 4. The number of rotatable bonds is 13. The first-order valence-corrected chi connectivity index (χ1v) is 19.8. The second-order valence-electron chi connectivity index (χ2n) is 15.7. The van der Waals surface area contributed by atoms with Gasteiger partial charge in [-0.3, -0.25) is 0 Å². The van der Waals surface area contributed by atoms with Crippen molar-refractivity contribution in [3.05, 3.63) is 45.8 Å². The minimum Gasteiger partial charge on any atom is -0.173 e. The standard InChI is InChI=1S/C39H56N2S3/c1-11-15-17-25(13-3)23-39(24-26(14-4)18-16-12-2)29-21-31(42-35(29)36-30(39)22-32(43-36)38(8,9)10)27-19-20-28(37(5,6)7)34-33(27)40-44-41-34/h19-22,25-26H,11-18,23-24H2,1-10H3. The van der Waals surface area contributed by atoms with E-state index in [0.29, 0.717) is 0 Å². The van der Waals surface area contributed by atoms with E-state index in [1.54, 1.807) is 20.9 Å². The molecule has 44 heavy (non-hydrogen) atoms. The van der Waals surface area contributed by atoms with E-state index in [4.69, 9.17) is 8.75 Å². The van der Waals surface area contributed by atoms with Crippen molar-refractivity contribution in [1.82, 2.24) is 8.75 Å². The highest BCUT2D eigenvalue weighted by Gasteiger charge is 2.48. The van der Waals surface area contributed by atoms with Gasteiger partial charge in [0.25, 0.3) is 0 Å². The van der Waals surface area contributed by atoms with Gasteiger partial charge in [-0.05, 0) is 64.3 Å². The maximum atomic E-state index is 4.90. The molecule has 4 aromatic rings. The van der Waals surface area contributed by atoms with Crippen LogP contribution in [0.15, 0.2) is 24.3 Å². The molecule has 5 rings (SSSR count). The van der Waals surface area contributed by atoms with Crippen molar-refractivity contribution in [3.63, 3.8) is 0 Å². The lowest BCUT2D eigenvalue weighted by molar-refractivity contribution is 0.266. The molecule has 2 nitrogen and oxygen atoms in total. The fraction of sp³-hybridized carbons (Fsp3) is 0.641. The highest BCUT2D eigenvalue weighted by Crippen LogP contribution is 2.62. The van der Waals surface area contributed by atoms with E-state index >= 15 is 0 Å². The zero-order valence-electron chi connectivity index (χ0n) is 29.2. The quantitative estimate of drug-likeness (QED) is 0.144. The van der Waals surface area contributed by atoms with Gasteiger partial charge in [0, 0.05) is 30.5 Å².